The van der Waals surface area contributed by atoms with Crippen LogP contribution in [0.3, 0.4) is 0 Å². The lowest BCUT2D eigenvalue weighted by Crippen LogP contribution is -2.52. The SMILES string of the molecule is CCOC(=O)C1=C(CN2CCN(c3ccccn3)CC2)NC(=O)N[C@H]1c1ccccc1OC. The van der Waals surface area contributed by atoms with Gasteiger partial charge in [-0.1, -0.05) is 24.3 Å². The van der Waals surface area contributed by atoms with Crippen molar-refractivity contribution < 1.29 is 19.1 Å². The molecule has 1 saturated heterocycles. The van der Waals surface area contributed by atoms with Crippen LogP contribution < -0.4 is 20.3 Å². The van der Waals surface area contributed by atoms with Gasteiger partial charge in [-0.15, -0.1) is 0 Å². The highest BCUT2D eigenvalue weighted by atomic mass is 16.5. The Kier molecular flexibility index (Phi) is 7.09. The molecular weight excluding hydrogens is 422 g/mol. The summed E-state index contributed by atoms with van der Waals surface area (Å²) in [5.74, 6) is 1.09. The molecule has 1 fully saturated rings. The van der Waals surface area contributed by atoms with Crippen LogP contribution >= 0.6 is 0 Å². The van der Waals surface area contributed by atoms with Gasteiger partial charge in [-0.3, -0.25) is 4.90 Å². The maximum absolute atomic E-state index is 13.0. The maximum atomic E-state index is 13.0. The molecule has 9 nitrogen and oxygen atoms in total. The van der Waals surface area contributed by atoms with Crippen LogP contribution in [0.25, 0.3) is 0 Å². The molecule has 33 heavy (non-hydrogen) atoms. The zero-order valence-corrected chi connectivity index (χ0v) is 18.9. The van der Waals surface area contributed by atoms with Crippen molar-refractivity contribution >= 4 is 17.8 Å². The lowest BCUT2D eigenvalue weighted by atomic mass is 9.94. The summed E-state index contributed by atoms with van der Waals surface area (Å²) in [6.07, 6.45) is 1.79. The fourth-order valence-corrected chi connectivity index (χ4v) is 4.23. The third-order valence-electron chi connectivity index (χ3n) is 5.83. The number of ether oxygens (including phenoxy) is 2. The number of piperazine rings is 1. The molecular formula is C24H29N5O4. The topological polar surface area (TPSA) is 96.0 Å². The third kappa shape index (κ3) is 5.09. The molecule has 0 spiro atoms. The van der Waals surface area contributed by atoms with Gasteiger partial charge in [0.25, 0.3) is 0 Å². The molecule has 0 bridgehead atoms. The highest BCUT2D eigenvalue weighted by molar-refractivity contribution is 5.95. The second kappa shape index (κ2) is 10.4. The number of rotatable bonds is 7. The first-order valence-electron chi connectivity index (χ1n) is 11.1. The monoisotopic (exact) mass is 451 g/mol. The number of carbonyl (C=O) groups is 2. The van der Waals surface area contributed by atoms with E-state index in [2.05, 4.69) is 25.4 Å². The molecule has 2 amide bonds. The molecule has 1 aromatic heterocycles. The zero-order valence-electron chi connectivity index (χ0n) is 18.9. The number of benzene rings is 1. The van der Waals surface area contributed by atoms with Gasteiger partial charge in [-0.25, -0.2) is 14.6 Å². The number of anilines is 1. The van der Waals surface area contributed by atoms with E-state index in [4.69, 9.17) is 9.47 Å². The Balaban J connectivity index is 1.59. The van der Waals surface area contributed by atoms with Crippen LogP contribution in [0.4, 0.5) is 10.6 Å². The third-order valence-corrected chi connectivity index (χ3v) is 5.83. The molecule has 2 aliphatic rings. The Bertz CT molecular complexity index is 1020. The van der Waals surface area contributed by atoms with Gasteiger partial charge in [-0.05, 0) is 25.1 Å². The minimum atomic E-state index is -0.668. The van der Waals surface area contributed by atoms with E-state index in [1.54, 1.807) is 20.2 Å². The van der Waals surface area contributed by atoms with Crippen molar-refractivity contribution in [1.29, 1.82) is 0 Å². The van der Waals surface area contributed by atoms with E-state index >= 15 is 0 Å². The molecule has 1 atom stereocenters. The summed E-state index contributed by atoms with van der Waals surface area (Å²) in [5, 5.41) is 5.72. The number of urea groups is 1. The predicted octanol–water partition coefficient (Wildman–Crippen LogP) is 2.08. The molecule has 2 N–H and O–H groups in total. The normalized spacial score (nSPS) is 19.0. The minimum absolute atomic E-state index is 0.241. The van der Waals surface area contributed by atoms with Crippen LogP contribution in [0.2, 0.25) is 0 Å². The predicted molar refractivity (Wildman–Crippen MR) is 124 cm³/mol. The molecule has 3 heterocycles. The number of nitrogens with zero attached hydrogens (tertiary/aromatic N) is 3. The van der Waals surface area contributed by atoms with Gasteiger partial charge in [0, 0.05) is 50.2 Å². The summed E-state index contributed by atoms with van der Waals surface area (Å²) in [6, 6.07) is 12.2. The van der Waals surface area contributed by atoms with Gasteiger partial charge in [0.05, 0.1) is 25.3 Å². The van der Waals surface area contributed by atoms with Gasteiger partial charge in [0.15, 0.2) is 0 Å². The van der Waals surface area contributed by atoms with Crippen molar-refractivity contribution in [1.82, 2.24) is 20.5 Å². The highest BCUT2D eigenvalue weighted by Gasteiger charge is 2.36. The smallest absolute Gasteiger partial charge is 0.338 e. The molecule has 0 aliphatic carbocycles. The molecule has 9 heteroatoms. The van der Waals surface area contributed by atoms with Gasteiger partial charge >= 0.3 is 12.0 Å². The summed E-state index contributed by atoms with van der Waals surface area (Å²) in [4.78, 5) is 34.5. The van der Waals surface area contributed by atoms with Crippen molar-refractivity contribution in [3.8, 4) is 5.75 Å². The van der Waals surface area contributed by atoms with Crippen LogP contribution in [0.15, 0.2) is 59.9 Å². The minimum Gasteiger partial charge on any atom is -0.496 e. The van der Waals surface area contributed by atoms with Gasteiger partial charge in [-0.2, -0.15) is 0 Å². The molecule has 174 valence electrons. The number of amides is 2. The Labute approximate surface area is 193 Å². The van der Waals surface area contributed by atoms with Crippen LogP contribution in [0.1, 0.15) is 18.5 Å². The van der Waals surface area contributed by atoms with E-state index in [0.717, 1.165) is 32.0 Å². The standard InChI is InChI=1S/C24H29N5O4/c1-3-33-23(30)21-18(16-28-12-14-29(15-13-28)20-10-6-7-11-25-20)26-24(31)27-22(21)17-8-4-5-9-19(17)32-2/h4-11,22H,3,12-16H2,1-2H3,(H2,26,27,31)/t22-/m0/s1. The van der Waals surface area contributed by atoms with E-state index in [9.17, 15) is 9.59 Å². The number of para-hydroxylation sites is 1. The summed E-state index contributed by atoms with van der Waals surface area (Å²) >= 11 is 0. The fraction of sp³-hybridized carbons (Fsp3) is 0.375. The second-order valence-corrected chi connectivity index (χ2v) is 7.84. The van der Waals surface area contributed by atoms with Gasteiger partial charge in [0.2, 0.25) is 0 Å². The van der Waals surface area contributed by atoms with Crippen molar-refractivity contribution in [3.63, 3.8) is 0 Å². The summed E-state index contributed by atoms with van der Waals surface area (Å²) < 4.78 is 10.9. The lowest BCUT2D eigenvalue weighted by molar-refractivity contribution is -0.139. The average Bonchev–Trinajstić information content (AvgIpc) is 2.84. The summed E-state index contributed by atoms with van der Waals surface area (Å²) in [7, 11) is 1.57. The lowest BCUT2D eigenvalue weighted by Gasteiger charge is -2.37. The van der Waals surface area contributed by atoms with E-state index in [1.807, 2.05) is 42.5 Å². The van der Waals surface area contributed by atoms with Crippen molar-refractivity contribution in [3.05, 3.63) is 65.5 Å². The molecule has 4 rings (SSSR count). The van der Waals surface area contributed by atoms with Gasteiger partial charge in [0.1, 0.15) is 11.6 Å². The second-order valence-electron chi connectivity index (χ2n) is 7.84. The quantitative estimate of drug-likeness (QED) is 0.623. The fourth-order valence-electron chi connectivity index (χ4n) is 4.23. The number of hydrogen-bond donors (Lipinski definition) is 2. The molecule has 0 unspecified atom stereocenters. The average molecular weight is 452 g/mol. The number of nitrogens with one attached hydrogen (secondary N) is 2. The zero-order chi connectivity index (χ0) is 23.2. The summed E-state index contributed by atoms with van der Waals surface area (Å²) in [5.41, 5.74) is 1.66. The van der Waals surface area contributed by atoms with Crippen molar-refractivity contribution in [2.75, 3.05) is 51.3 Å². The van der Waals surface area contributed by atoms with E-state index < -0.39 is 12.0 Å². The number of aromatic nitrogens is 1. The number of pyridine rings is 1. The van der Waals surface area contributed by atoms with E-state index in [-0.39, 0.29) is 12.6 Å². The first-order valence-corrected chi connectivity index (χ1v) is 11.1. The summed E-state index contributed by atoms with van der Waals surface area (Å²) in [6.45, 7) is 5.61. The number of carbonyl (C=O) groups excluding carboxylic acids is 2. The Morgan fingerprint density at radius 1 is 1.12 bits per heavy atom. The van der Waals surface area contributed by atoms with E-state index in [1.165, 1.54) is 0 Å². The van der Waals surface area contributed by atoms with Crippen LogP contribution in [-0.2, 0) is 9.53 Å². The number of methoxy groups -OCH3 is 1. The molecule has 1 aromatic carbocycles. The first-order chi connectivity index (χ1) is 16.1. The van der Waals surface area contributed by atoms with Crippen LogP contribution in [-0.4, -0.2) is 68.3 Å². The largest absolute Gasteiger partial charge is 0.496 e. The Morgan fingerprint density at radius 3 is 2.58 bits per heavy atom. The molecule has 2 aromatic rings. The van der Waals surface area contributed by atoms with Crippen molar-refractivity contribution in [2.45, 2.75) is 13.0 Å². The number of hydrogen-bond acceptors (Lipinski definition) is 7. The molecule has 2 aliphatic heterocycles. The maximum Gasteiger partial charge on any atom is 0.338 e. The first kappa shape index (κ1) is 22.6. The van der Waals surface area contributed by atoms with Crippen LogP contribution in [0, 0.1) is 0 Å². The number of esters is 1. The van der Waals surface area contributed by atoms with Gasteiger partial charge < -0.3 is 25.0 Å². The van der Waals surface area contributed by atoms with Crippen LogP contribution in [0.5, 0.6) is 5.75 Å². The highest BCUT2D eigenvalue weighted by Crippen LogP contribution is 2.33. The van der Waals surface area contributed by atoms with E-state index in [0.29, 0.717) is 29.1 Å². The Morgan fingerprint density at radius 2 is 1.88 bits per heavy atom. The molecule has 0 radical (unpaired) electrons. The Hall–Kier alpha value is -3.59. The molecule has 0 saturated carbocycles. The van der Waals surface area contributed by atoms with Crippen molar-refractivity contribution in [2.24, 2.45) is 0 Å².